The molecule has 0 radical (unpaired) electrons. The number of hydrogen-bond acceptors (Lipinski definition) is 4. The maximum atomic E-state index is 11.8. The number of benzene rings is 1. The highest BCUT2D eigenvalue weighted by molar-refractivity contribution is 5.94. The second-order valence-corrected chi connectivity index (χ2v) is 3.71. The molecule has 0 unspecified atom stereocenters. The highest BCUT2D eigenvalue weighted by Gasteiger charge is 2.17. The van der Waals surface area contributed by atoms with Crippen LogP contribution in [0.5, 0.6) is 0 Å². The van der Waals surface area contributed by atoms with Crippen LogP contribution in [0.2, 0.25) is 0 Å². The second kappa shape index (κ2) is 5.40. The van der Waals surface area contributed by atoms with Gasteiger partial charge in [0.1, 0.15) is 0 Å². The van der Waals surface area contributed by atoms with E-state index in [4.69, 9.17) is 5.11 Å². The molecule has 0 saturated carbocycles. The lowest BCUT2D eigenvalue weighted by atomic mass is 10.1. The molecule has 0 spiro atoms. The predicted molar refractivity (Wildman–Crippen MR) is 61.9 cm³/mol. The maximum absolute atomic E-state index is 11.8. The first-order valence-corrected chi connectivity index (χ1v) is 5.08. The third kappa shape index (κ3) is 3.01. The lowest BCUT2D eigenvalue weighted by Crippen LogP contribution is -2.29. The summed E-state index contributed by atoms with van der Waals surface area (Å²) in [4.78, 5) is 23.3. The largest absolute Gasteiger partial charge is 0.395 e. The second-order valence-electron chi connectivity index (χ2n) is 3.71. The molecule has 1 rings (SSSR count). The summed E-state index contributed by atoms with van der Waals surface area (Å²) < 4.78 is 0. The van der Waals surface area contributed by atoms with Crippen LogP contribution in [0.1, 0.15) is 15.9 Å². The molecule has 0 aliphatic rings. The summed E-state index contributed by atoms with van der Waals surface area (Å²) in [7, 11) is 1.53. The summed E-state index contributed by atoms with van der Waals surface area (Å²) >= 11 is 0. The average Bonchev–Trinajstić information content (AvgIpc) is 2.28. The first-order chi connectivity index (χ1) is 7.97. The summed E-state index contributed by atoms with van der Waals surface area (Å²) in [6.07, 6.45) is 0. The maximum Gasteiger partial charge on any atom is 0.273 e. The number of likely N-dealkylation sites (N-methyl/N-ethyl adjacent to an activating group) is 1. The number of nitro groups is 1. The fraction of sp³-hybridized carbons (Fsp3) is 0.364. The van der Waals surface area contributed by atoms with Gasteiger partial charge in [-0.2, -0.15) is 0 Å². The highest BCUT2D eigenvalue weighted by atomic mass is 16.6. The van der Waals surface area contributed by atoms with Gasteiger partial charge in [0.15, 0.2) is 0 Å². The Kier molecular flexibility index (Phi) is 4.17. The minimum atomic E-state index is -0.516. The Morgan fingerprint density at radius 1 is 1.53 bits per heavy atom. The molecule has 0 saturated heterocycles. The zero-order valence-electron chi connectivity index (χ0n) is 9.71. The molecule has 6 nitrogen and oxygen atoms in total. The molecule has 92 valence electrons. The summed E-state index contributed by atoms with van der Waals surface area (Å²) in [6.45, 7) is 1.67. The van der Waals surface area contributed by atoms with Crippen LogP contribution >= 0.6 is 0 Å². The number of hydrogen-bond donors (Lipinski definition) is 1. The molecule has 0 fully saturated rings. The van der Waals surface area contributed by atoms with Gasteiger partial charge in [-0.1, -0.05) is 6.07 Å². The molecule has 0 aromatic heterocycles. The van der Waals surface area contributed by atoms with Crippen LogP contribution in [0.4, 0.5) is 5.69 Å². The monoisotopic (exact) mass is 238 g/mol. The lowest BCUT2D eigenvalue weighted by molar-refractivity contribution is -0.385. The molecule has 1 N–H and O–H groups in total. The van der Waals surface area contributed by atoms with Gasteiger partial charge in [0.25, 0.3) is 11.6 Å². The minimum Gasteiger partial charge on any atom is -0.395 e. The Hall–Kier alpha value is -1.95. The van der Waals surface area contributed by atoms with E-state index in [0.29, 0.717) is 5.56 Å². The van der Waals surface area contributed by atoms with Crippen LogP contribution < -0.4 is 0 Å². The average molecular weight is 238 g/mol. The van der Waals surface area contributed by atoms with Crippen molar-refractivity contribution in [2.24, 2.45) is 0 Å². The molecule has 17 heavy (non-hydrogen) atoms. The van der Waals surface area contributed by atoms with Gasteiger partial charge in [-0.25, -0.2) is 0 Å². The lowest BCUT2D eigenvalue weighted by Gasteiger charge is -2.15. The Morgan fingerprint density at radius 3 is 2.71 bits per heavy atom. The molecule has 1 amide bonds. The number of rotatable bonds is 4. The van der Waals surface area contributed by atoms with E-state index in [1.165, 1.54) is 24.1 Å². The molecule has 0 aliphatic carbocycles. The Bertz CT molecular complexity index is 445. The molecule has 6 heteroatoms. The van der Waals surface area contributed by atoms with Gasteiger partial charge < -0.3 is 10.0 Å². The smallest absolute Gasteiger partial charge is 0.273 e. The predicted octanol–water partition coefficient (Wildman–Crippen LogP) is 0.968. The van der Waals surface area contributed by atoms with Crippen molar-refractivity contribution < 1.29 is 14.8 Å². The van der Waals surface area contributed by atoms with E-state index in [0.717, 1.165) is 0 Å². The molecular formula is C11H14N2O4. The van der Waals surface area contributed by atoms with E-state index in [9.17, 15) is 14.9 Å². The van der Waals surface area contributed by atoms with E-state index < -0.39 is 4.92 Å². The first-order valence-electron chi connectivity index (χ1n) is 5.08. The van der Waals surface area contributed by atoms with Crippen molar-refractivity contribution in [2.75, 3.05) is 20.2 Å². The van der Waals surface area contributed by atoms with Gasteiger partial charge in [-0.15, -0.1) is 0 Å². The molecule has 0 atom stereocenters. The van der Waals surface area contributed by atoms with E-state index in [1.807, 2.05) is 0 Å². The van der Waals surface area contributed by atoms with Crippen molar-refractivity contribution in [3.05, 3.63) is 39.4 Å². The van der Waals surface area contributed by atoms with E-state index in [1.54, 1.807) is 13.0 Å². The Morgan fingerprint density at radius 2 is 2.18 bits per heavy atom. The van der Waals surface area contributed by atoms with Crippen LogP contribution in [0, 0.1) is 17.0 Å². The highest BCUT2D eigenvalue weighted by Crippen LogP contribution is 2.19. The number of nitrogens with zero attached hydrogens (tertiary/aromatic N) is 2. The van der Waals surface area contributed by atoms with Crippen LogP contribution in [0.15, 0.2) is 18.2 Å². The van der Waals surface area contributed by atoms with E-state index in [2.05, 4.69) is 0 Å². The van der Waals surface area contributed by atoms with Crippen LogP contribution in [-0.2, 0) is 0 Å². The Labute approximate surface area is 98.6 Å². The van der Waals surface area contributed by atoms with E-state index in [-0.39, 0.29) is 30.3 Å². The molecule has 1 aromatic carbocycles. The van der Waals surface area contributed by atoms with Gasteiger partial charge in [0, 0.05) is 30.8 Å². The fourth-order valence-corrected chi connectivity index (χ4v) is 1.41. The summed E-state index contributed by atoms with van der Waals surface area (Å²) in [6, 6.07) is 4.34. The summed E-state index contributed by atoms with van der Waals surface area (Å²) in [5, 5.41) is 19.5. The van der Waals surface area contributed by atoms with Crippen LogP contribution in [0.3, 0.4) is 0 Å². The SMILES string of the molecule is Cc1ccc(C(=O)N(C)CCO)cc1[N+](=O)[O-]. The van der Waals surface area contributed by atoms with Crippen LogP contribution in [0.25, 0.3) is 0 Å². The Balaban J connectivity index is 3.03. The van der Waals surface area contributed by atoms with Crippen molar-refractivity contribution in [1.29, 1.82) is 0 Å². The molecule has 0 bridgehead atoms. The number of aliphatic hydroxyl groups is 1. The van der Waals surface area contributed by atoms with Gasteiger partial charge in [0.2, 0.25) is 0 Å². The topological polar surface area (TPSA) is 83.7 Å². The molecule has 0 heterocycles. The third-order valence-corrected chi connectivity index (χ3v) is 2.43. The van der Waals surface area contributed by atoms with Crippen LogP contribution in [-0.4, -0.2) is 41.0 Å². The summed E-state index contributed by atoms with van der Waals surface area (Å²) in [5.74, 6) is -0.345. The number of aliphatic hydroxyl groups excluding tert-OH is 1. The normalized spacial score (nSPS) is 10.1. The van der Waals surface area contributed by atoms with Gasteiger partial charge >= 0.3 is 0 Å². The van der Waals surface area contributed by atoms with E-state index >= 15 is 0 Å². The van der Waals surface area contributed by atoms with Gasteiger partial charge in [-0.05, 0) is 13.0 Å². The number of amides is 1. The quantitative estimate of drug-likeness (QED) is 0.625. The molecule has 1 aromatic rings. The molecule has 0 aliphatic heterocycles. The number of carbonyl (C=O) groups is 1. The minimum absolute atomic E-state index is 0.0757. The van der Waals surface area contributed by atoms with Crippen molar-refractivity contribution in [3.63, 3.8) is 0 Å². The van der Waals surface area contributed by atoms with Crippen molar-refractivity contribution in [1.82, 2.24) is 4.90 Å². The number of aryl methyl sites for hydroxylation is 1. The molecular weight excluding hydrogens is 224 g/mol. The van der Waals surface area contributed by atoms with Crippen molar-refractivity contribution >= 4 is 11.6 Å². The number of nitro benzene ring substituents is 1. The third-order valence-electron chi connectivity index (χ3n) is 2.43. The van der Waals surface area contributed by atoms with Crippen molar-refractivity contribution in [3.8, 4) is 0 Å². The van der Waals surface area contributed by atoms with Gasteiger partial charge in [0.05, 0.1) is 11.5 Å². The standard InChI is InChI=1S/C11H14N2O4/c1-8-3-4-9(7-10(8)13(16)17)11(15)12(2)5-6-14/h3-4,7,14H,5-6H2,1-2H3. The van der Waals surface area contributed by atoms with Gasteiger partial charge in [-0.3, -0.25) is 14.9 Å². The fourth-order valence-electron chi connectivity index (χ4n) is 1.41. The first kappa shape index (κ1) is 13.1. The zero-order chi connectivity index (χ0) is 13.0. The number of carbonyl (C=O) groups excluding carboxylic acids is 1. The van der Waals surface area contributed by atoms with Crippen molar-refractivity contribution in [2.45, 2.75) is 6.92 Å². The summed E-state index contributed by atoms with van der Waals surface area (Å²) in [5.41, 5.74) is 0.683. The zero-order valence-corrected chi connectivity index (χ0v) is 9.71.